The summed E-state index contributed by atoms with van der Waals surface area (Å²) in [5, 5.41) is 2.76. The Morgan fingerprint density at radius 1 is 1.17 bits per heavy atom. The number of anilines is 1. The van der Waals surface area contributed by atoms with E-state index in [-0.39, 0.29) is 23.2 Å². The van der Waals surface area contributed by atoms with Crippen molar-refractivity contribution in [1.29, 1.82) is 0 Å². The van der Waals surface area contributed by atoms with Gasteiger partial charge >= 0.3 is 0 Å². The van der Waals surface area contributed by atoms with Crippen molar-refractivity contribution >= 4 is 29.1 Å². The van der Waals surface area contributed by atoms with Gasteiger partial charge in [0.15, 0.2) is 17.3 Å². The third-order valence-corrected chi connectivity index (χ3v) is 4.30. The standard InChI is InChI=1S/C18H18FNO3S/c1-12(21)14-4-6-15(7-5-14)20-18(22)11-24-10-13-3-8-17(23-2)16(19)9-13/h3-9H,10-11H2,1-2H3,(H,20,22). The number of amides is 1. The summed E-state index contributed by atoms with van der Waals surface area (Å²) in [4.78, 5) is 23.1. The van der Waals surface area contributed by atoms with Gasteiger partial charge in [-0.1, -0.05) is 6.07 Å². The highest BCUT2D eigenvalue weighted by Gasteiger charge is 2.06. The fourth-order valence-electron chi connectivity index (χ4n) is 2.05. The molecule has 0 radical (unpaired) electrons. The number of thioether (sulfide) groups is 1. The molecular formula is C18H18FNO3S. The Morgan fingerprint density at radius 3 is 2.46 bits per heavy atom. The lowest BCUT2D eigenvalue weighted by molar-refractivity contribution is -0.113. The maximum atomic E-state index is 13.6. The first-order chi connectivity index (χ1) is 11.5. The van der Waals surface area contributed by atoms with E-state index in [1.807, 2.05) is 0 Å². The Bertz CT molecular complexity index is 732. The molecule has 2 rings (SSSR count). The molecule has 1 N–H and O–H groups in total. The molecule has 1 amide bonds. The zero-order valence-electron chi connectivity index (χ0n) is 13.5. The normalized spacial score (nSPS) is 10.3. The number of carbonyl (C=O) groups is 2. The molecule has 6 heteroatoms. The number of ether oxygens (including phenoxy) is 1. The molecule has 0 aliphatic carbocycles. The largest absolute Gasteiger partial charge is 0.494 e. The predicted molar refractivity (Wildman–Crippen MR) is 94.2 cm³/mol. The van der Waals surface area contributed by atoms with E-state index in [0.29, 0.717) is 17.0 Å². The van der Waals surface area contributed by atoms with E-state index in [1.54, 1.807) is 36.4 Å². The maximum absolute atomic E-state index is 13.6. The number of rotatable bonds is 7. The Hall–Kier alpha value is -2.34. The van der Waals surface area contributed by atoms with Crippen LogP contribution < -0.4 is 10.1 Å². The highest BCUT2D eigenvalue weighted by atomic mass is 32.2. The average molecular weight is 347 g/mol. The predicted octanol–water partition coefficient (Wildman–Crippen LogP) is 3.91. The zero-order chi connectivity index (χ0) is 17.5. The number of methoxy groups -OCH3 is 1. The van der Waals surface area contributed by atoms with Crippen LogP contribution in [0.5, 0.6) is 5.75 Å². The molecular weight excluding hydrogens is 329 g/mol. The van der Waals surface area contributed by atoms with E-state index in [1.165, 1.54) is 31.9 Å². The van der Waals surface area contributed by atoms with Gasteiger partial charge in [0, 0.05) is 17.0 Å². The van der Waals surface area contributed by atoms with Crippen LogP contribution in [0.25, 0.3) is 0 Å². The molecule has 0 aliphatic heterocycles. The van der Waals surface area contributed by atoms with Crippen LogP contribution >= 0.6 is 11.8 Å². The van der Waals surface area contributed by atoms with Gasteiger partial charge in [-0.25, -0.2) is 4.39 Å². The average Bonchev–Trinajstić information content (AvgIpc) is 2.55. The Labute approximate surface area is 144 Å². The van der Waals surface area contributed by atoms with Crippen LogP contribution in [0, 0.1) is 5.82 Å². The summed E-state index contributed by atoms with van der Waals surface area (Å²) >= 11 is 1.39. The van der Waals surface area contributed by atoms with Crippen LogP contribution in [0.1, 0.15) is 22.8 Å². The van der Waals surface area contributed by atoms with E-state index >= 15 is 0 Å². The lowest BCUT2D eigenvalue weighted by atomic mass is 10.1. The second kappa shape index (κ2) is 8.49. The van der Waals surface area contributed by atoms with Crippen molar-refractivity contribution in [3.05, 3.63) is 59.4 Å². The van der Waals surface area contributed by atoms with Gasteiger partial charge in [-0.15, -0.1) is 11.8 Å². The van der Waals surface area contributed by atoms with Crippen LogP contribution in [-0.4, -0.2) is 24.6 Å². The number of halogens is 1. The number of hydrogen-bond acceptors (Lipinski definition) is 4. The SMILES string of the molecule is COc1ccc(CSCC(=O)Nc2ccc(C(C)=O)cc2)cc1F. The number of Topliss-reactive ketones (excluding diaryl/α,β-unsaturated/α-hetero) is 1. The van der Waals surface area contributed by atoms with E-state index in [9.17, 15) is 14.0 Å². The highest BCUT2D eigenvalue weighted by Crippen LogP contribution is 2.21. The lowest BCUT2D eigenvalue weighted by Crippen LogP contribution is -2.14. The number of ketones is 1. The van der Waals surface area contributed by atoms with Crippen molar-refractivity contribution in [3.63, 3.8) is 0 Å². The first-order valence-electron chi connectivity index (χ1n) is 7.30. The zero-order valence-corrected chi connectivity index (χ0v) is 14.3. The van der Waals surface area contributed by atoms with Gasteiger partial charge in [0.05, 0.1) is 12.9 Å². The second-order valence-electron chi connectivity index (χ2n) is 5.14. The van der Waals surface area contributed by atoms with Crippen molar-refractivity contribution in [2.45, 2.75) is 12.7 Å². The molecule has 0 heterocycles. The van der Waals surface area contributed by atoms with Crippen molar-refractivity contribution in [3.8, 4) is 5.75 Å². The first-order valence-corrected chi connectivity index (χ1v) is 8.46. The van der Waals surface area contributed by atoms with Crippen LogP contribution in [-0.2, 0) is 10.5 Å². The molecule has 4 nitrogen and oxygen atoms in total. The van der Waals surface area contributed by atoms with Crippen molar-refractivity contribution < 1.29 is 18.7 Å². The minimum atomic E-state index is -0.411. The van der Waals surface area contributed by atoms with E-state index in [0.717, 1.165) is 5.56 Å². The molecule has 24 heavy (non-hydrogen) atoms. The Balaban J connectivity index is 1.80. The number of carbonyl (C=O) groups excluding carboxylic acids is 2. The van der Waals surface area contributed by atoms with Crippen molar-refractivity contribution in [2.75, 3.05) is 18.2 Å². The summed E-state index contributed by atoms with van der Waals surface area (Å²) in [6, 6.07) is 11.5. The Morgan fingerprint density at radius 2 is 1.88 bits per heavy atom. The van der Waals surface area contributed by atoms with Gasteiger partial charge in [0.2, 0.25) is 5.91 Å². The van der Waals surface area contributed by atoms with Gasteiger partial charge in [0.25, 0.3) is 0 Å². The van der Waals surface area contributed by atoms with E-state index in [2.05, 4.69) is 5.32 Å². The summed E-state index contributed by atoms with van der Waals surface area (Å²) in [6.45, 7) is 1.49. The summed E-state index contributed by atoms with van der Waals surface area (Å²) < 4.78 is 18.4. The summed E-state index contributed by atoms with van der Waals surface area (Å²) in [5.74, 6) is 0.403. The smallest absolute Gasteiger partial charge is 0.234 e. The van der Waals surface area contributed by atoms with Crippen LogP contribution in [0.4, 0.5) is 10.1 Å². The molecule has 0 saturated heterocycles. The molecule has 0 atom stereocenters. The molecule has 2 aromatic rings. The summed E-state index contributed by atoms with van der Waals surface area (Å²) in [5.41, 5.74) is 2.03. The van der Waals surface area contributed by atoms with Crippen LogP contribution in [0.15, 0.2) is 42.5 Å². The Kier molecular flexibility index (Phi) is 6.37. The van der Waals surface area contributed by atoms with Gasteiger partial charge in [0.1, 0.15) is 0 Å². The minimum absolute atomic E-state index is 0.0184. The number of benzene rings is 2. The quantitative estimate of drug-likeness (QED) is 0.772. The third-order valence-electron chi connectivity index (χ3n) is 3.29. The summed E-state index contributed by atoms with van der Waals surface area (Å²) in [7, 11) is 1.42. The lowest BCUT2D eigenvalue weighted by Gasteiger charge is -2.07. The number of hydrogen-bond donors (Lipinski definition) is 1. The molecule has 0 bridgehead atoms. The molecule has 0 saturated carbocycles. The van der Waals surface area contributed by atoms with Crippen molar-refractivity contribution in [1.82, 2.24) is 0 Å². The molecule has 126 valence electrons. The van der Waals surface area contributed by atoms with Gasteiger partial charge in [-0.2, -0.15) is 0 Å². The molecule has 0 aromatic heterocycles. The van der Waals surface area contributed by atoms with E-state index in [4.69, 9.17) is 4.74 Å². The van der Waals surface area contributed by atoms with Gasteiger partial charge in [-0.05, 0) is 48.9 Å². The fourth-order valence-corrected chi connectivity index (χ4v) is 2.82. The molecule has 0 fully saturated rings. The number of nitrogens with one attached hydrogen (secondary N) is 1. The monoisotopic (exact) mass is 347 g/mol. The summed E-state index contributed by atoms with van der Waals surface area (Å²) in [6.07, 6.45) is 0. The molecule has 0 aliphatic rings. The maximum Gasteiger partial charge on any atom is 0.234 e. The van der Waals surface area contributed by atoms with Crippen LogP contribution in [0.3, 0.4) is 0 Å². The molecule has 0 unspecified atom stereocenters. The van der Waals surface area contributed by atoms with E-state index < -0.39 is 5.82 Å². The topological polar surface area (TPSA) is 55.4 Å². The van der Waals surface area contributed by atoms with Crippen LogP contribution in [0.2, 0.25) is 0 Å². The third kappa shape index (κ3) is 5.09. The molecule has 0 spiro atoms. The van der Waals surface area contributed by atoms with Gasteiger partial charge < -0.3 is 10.1 Å². The van der Waals surface area contributed by atoms with Crippen molar-refractivity contribution in [2.24, 2.45) is 0 Å². The fraction of sp³-hybridized carbons (Fsp3) is 0.222. The highest BCUT2D eigenvalue weighted by molar-refractivity contribution is 7.99. The van der Waals surface area contributed by atoms with Gasteiger partial charge in [-0.3, -0.25) is 9.59 Å². The minimum Gasteiger partial charge on any atom is -0.494 e. The molecule has 2 aromatic carbocycles. The second-order valence-corrected chi connectivity index (χ2v) is 6.13. The first kappa shape index (κ1) is 18.0.